The third-order valence-electron chi connectivity index (χ3n) is 5.34. The van der Waals surface area contributed by atoms with E-state index < -0.39 is 11.9 Å². The minimum absolute atomic E-state index is 0.0259. The SMILES string of the molecule is CCN1CCN(CC(=O)O)CCN(CC(=O)O)CCN(CC(=O)NCCOCC(C)=O)CC1. The number of ketones is 1. The number of hydrogen-bond acceptors (Lipinski definition) is 9. The van der Waals surface area contributed by atoms with E-state index in [9.17, 15) is 29.4 Å². The molecule has 12 nitrogen and oxygen atoms in total. The summed E-state index contributed by atoms with van der Waals surface area (Å²) >= 11 is 0. The number of carboxylic acids is 2. The smallest absolute Gasteiger partial charge is 0.317 e. The molecule has 1 fully saturated rings. The standard InChI is InChI=1S/C21H39N5O7/c1-3-23-5-7-24(14-19(28)22-4-13-33-17-18(2)27)9-10-26(16-21(31)32)12-11-25(8-6-23)15-20(29)30/h3-17H2,1-2H3,(H,22,28)(H,29,30)(H,31,32). The first kappa shape index (κ1) is 28.9. The first-order valence-electron chi connectivity index (χ1n) is 11.4. The van der Waals surface area contributed by atoms with Crippen LogP contribution in [-0.2, 0) is 23.9 Å². The van der Waals surface area contributed by atoms with Crippen LogP contribution in [0.3, 0.4) is 0 Å². The summed E-state index contributed by atoms with van der Waals surface area (Å²) in [4.78, 5) is 53.6. The van der Waals surface area contributed by atoms with Gasteiger partial charge < -0.3 is 25.2 Å². The zero-order valence-corrected chi connectivity index (χ0v) is 19.8. The molecule has 0 radical (unpaired) electrons. The molecule has 0 aromatic heterocycles. The van der Waals surface area contributed by atoms with E-state index >= 15 is 0 Å². The molecule has 1 heterocycles. The highest BCUT2D eigenvalue weighted by Gasteiger charge is 2.19. The number of ether oxygens (including phenoxy) is 1. The van der Waals surface area contributed by atoms with Crippen LogP contribution in [0.1, 0.15) is 13.8 Å². The molecular formula is C21H39N5O7. The number of carbonyl (C=O) groups is 4. The van der Waals surface area contributed by atoms with Gasteiger partial charge in [0, 0.05) is 58.9 Å². The second-order valence-corrected chi connectivity index (χ2v) is 8.15. The van der Waals surface area contributed by atoms with E-state index in [4.69, 9.17) is 4.74 Å². The summed E-state index contributed by atoms with van der Waals surface area (Å²) in [7, 11) is 0. The monoisotopic (exact) mass is 473 g/mol. The molecular weight excluding hydrogens is 434 g/mol. The molecule has 0 bridgehead atoms. The second-order valence-electron chi connectivity index (χ2n) is 8.15. The molecule has 1 saturated heterocycles. The molecule has 0 aliphatic carbocycles. The van der Waals surface area contributed by atoms with E-state index in [0.29, 0.717) is 58.9 Å². The molecule has 0 aromatic carbocycles. The molecule has 12 heteroatoms. The van der Waals surface area contributed by atoms with Crippen LogP contribution in [-0.4, -0.2) is 152 Å². The van der Waals surface area contributed by atoms with Gasteiger partial charge in [-0.25, -0.2) is 0 Å². The molecule has 3 N–H and O–H groups in total. The van der Waals surface area contributed by atoms with Crippen molar-refractivity contribution in [1.82, 2.24) is 24.9 Å². The summed E-state index contributed by atoms with van der Waals surface area (Å²) in [6.45, 7) is 9.28. The lowest BCUT2D eigenvalue weighted by Gasteiger charge is -2.33. The Morgan fingerprint density at radius 2 is 1.18 bits per heavy atom. The molecule has 0 unspecified atom stereocenters. The van der Waals surface area contributed by atoms with Crippen molar-refractivity contribution in [2.24, 2.45) is 0 Å². The van der Waals surface area contributed by atoms with Gasteiger partial charge in [-0.15, -0.1) is 0 Å². The lowest BCUT2D eigenvalue weighted by Crippen LogP contribution is -2.49. The maximum absolute atomic E-state index is 12.4. The molecule has 1 rings (SSSR count). The van der Waals surface area contributed by atoms with E-state index in [2.05, 4.69) is 10.2 Å². The van der Waals surface area contributed by atoms with Crippen molar-refractivity contribution >= 4 is 23.6 Å². The number of Topliss-reactive ketones (excluding diaryl/α,β-unsaturated/α-hetero) is 1. The van der Waals surface area contributed by atoms with Crippen LogP contribution >= 0.6 is 0 Å². The highest BCUT2D eigenvalue weighted by atomic mass is 16.5. The molecule has 1 amide bonds. The molecule has 1 aliphatic heterocycles. The first-order chi connectivity index (χ1) is 15.7. The largest absolute Gasteiger partial charge is 0.480 e. The predicted octanol–water partition coefficient (Wildman–Crippen LogP) is -1.88. The molecule has 0 saturated carbocycles. The number of nitrogens with one attached hydrogen (secondary N) is 1. The zero-order chi connectivity index (χ0) is 24.6. The van der Waals surface area contributed by atoms with Gasteiger partial charge in [-0.1, -0.05) is 6.92 Å². The summed E-state index contributed by atoms with van der Waals surface area (Å²) in [5.74, 6) is -2.08. The van der Waals surface area contributed by atoms with E-state index in [0.717, 1.165) is 6.54 Å². The Morgan fingerprint density at radius 1 is 0.758 bits per heavy atom. The number of hydrogen-bond donors (Lipinski definition) is 3. The first-order valence-corrected chi connectivity index (χ1v) is 11.4. The van der Waals surface area contributed by atoms with Crippen LogP contribution in [0.5, 0.6) is 0 Å². The van der Waals surface area contributed by atoms with Crippen LogP contribution in [0.15, 0.2) is 0 Å². The minimum atomic E-state index is -0.945. The normalized spacial score (nSPS) is 18.2. The minimum Gasteiger partial charge on any atom is -0.480 e. The van der Waals surface area contributed by atoms with E-state index in [1.54, 1.807) is 4.90 Å². The van der Waals surface area contributed by atoms with E-state index in [-0.39, 0.29) is 44.5 Å². The molecule has 1 aliphatic rings. The van der Waals surface area contributed by atoms with Crippen LogP contribution in [0.25, 0.3) is 0 Å². The second kappa shape index (κ2) is 16.5. The number of likely N-dealkylation sites (N-methyl/N-ethyl adjacent to an activating group) is 1. The van der Waals surface area contributed by atoms with Gasteiger partial charge in [0.15, 0.2) is 5.78 Å². The van der Waals surface area contributed by atoms with Crippen LogP contribution in [0, 0.1) is 0 Å². The number of amides is 1. The third kappa shape index (κ3) is 14.6. The average molecular weight is 474 g/mol. The van der Waals surface area contributed by atoms with Crippen LogP contribution in [0.4, 0.5) is 0 Å². The van der Waals surface area contributed by atoms with Crippen molar-refractivity contribution in [1.29, 1.82) is 0 Å². The summed E-state index contributed by atoms with van der Waals surface area (Å²) in [5, 5.41) is 21.2. The number of rotatable bonds is 12. The maximum Gasteiger partial charge on any atom is 0.317 e. The van der Waals surface area contributed by atoms with E-state index in [1.807, 2.05) is 16.7 Å². The highest BCUT2D eigenvalue weighted by Crippen LogP contribution is 2.01. The Labute approximate surface area is 195 Å². The number of nitrogens with zero attached hydrogens (tertiary/aromatic N) is 4. The van der Waals surface area contributed by atoms with Gasteiger partial charge in [0.05, 0.1) is 26.2 Å². The highest BCUT2D eigenvalue weighted by molar-refractivity contribution is 5.78. The van der Waals surface area contributed by atoms with E-state index in [1.165, 1.54) is 6.92 Å². The summed E-state index contributed by atoms with van der Waals surface area (Å²) in [6, 6.07) is 0. The van der Waals surface area contributed by atoms with Crippen molar-refractivity contribution in [3.8, 4) is 0 Å². The Bertz CT molecular complexity index is 634. The van der Waals surface area contributed by atoms with Gasteiger partial charge in [0.2, 0.25) is 5.91 Å². The van der Waals surface area contributed by atoms with Crippen molar-refractivity contribution in [3.63, 3.8) is 0 Å². The lowest BCUT2D eigenvalue weighted by molar-refractivity contribution is -0.140. The molecule has 0 atom stereocenters. The van der Waals surface area contributed by atoms with Gasteiger partial charge in [-0.05, 0) is 13.5 Å². The lowest BCUT2D eigenvalue weighted by atomic mass is 10.3. The van der Waals surface area contributed by atoms with Gasteiger partial charge in [-0.2, -0.15) is 0 Å². The van der Waals surface area contributed by atoms with Crippen molar-refractivity contribution in [2.45, 2.75) is 13.8 Å². The van der Waals surface area contributed by atoms with Crippen molar-refractivity contribution in [2.75, 3.05) is 98.3 Å². The van der Waals surface area contributed by atoms with Crippen molar-refractivity contribution in [3.05, 3.63) is 0 Å². The van der Waals surface area contributed by atoms with Gasteiger partial charge in [0.25, 0.3) is 0 Å². The van der Waals surface area contributed by atoms with Crippen LogP contribution in [0.2, 0.25) is 0 Å². The number of carboxylic acid groups (broad SMARTS) is 2. The number of aliphatic carboxylic acids is 2. The van der Waals surface area contributed by atoms with Crippen molar-refractivity contribution < 1.29 is 34.1 Å². The van der Waals surface area contributed by atoms with Gasteiger partial charge in [0.1, 0.15) is 6.61 Å². The molecule has 0 aromatic rings. The third-order valence-corrected chi connectivity index (χ3v) is 5.34. The molecule has 33 heavy (non-hydrogen) atoms. The average Bonchev–Trinajstić information content (AvgIpc) is 2.72. The predicted molar refractivity (Wildman–Crippen MR) is 121 cm³/mol. The van der Waals surface area contributed by atoms with Gasteiger partial charge in [-0.3, -0.25) is 33.9 Å². The number of carbonyl (C=O) groups excluding carboxylic acids is 2. The maximum atomic E-state index is 12.4. The molecule has 0 spiro atoms. The Hall–Kier alpha value is -2.12. The Morgan fingerprint density at radius 3 is 1.58 bits per heavy atom. The fourth-order valence-electron chi connectivity index (χ4n) is 3.49. The molecule has 190 valence electrons. The summed E-state index contributed by atoms with van der Waals surface area (Å²) in [5.41, 5.74) is 0. The fourth-order valence-corrected chi connectivity index (χ4v) is 3.49. The Kier molecular flexibility index (Phi) is 14.4. The Balaban J connectivity index is 2.70. The van der Waals surface area contributed by atoms with Gasteiger partial charge >= 0.3 is 11.9 Å². The van der Waals surface area contributed by atoms with Crippen LogP contribution < -0.4 is 5.32 Å². The topological polar surface area (TPSA) is 143 Å². The fraction of sp³-hybridized carbons (Fsp3) is 0.810. The summed E-state index contributed by atoms with van der Waals surface area (Å²) < 4.78 is 5.15. The quantitative estimate of drug-likeness (QED) is 0.274. The summed E-state index contributed by atoms with van der Waals surface area (Å²) in [6.07, 6.45) is 0. The zero-order valence-electron chi connectivity index (χ0n) is 19.8.